The van der Waals surface area contributed by atoms with Crippen LogP contribution in [0.2, 0.25) is 0 Å². The van der Waals surface area contributed by atoms with Gasteiger partial charge in [0.15, 0.2) is 4.77 Å². The van der Waals surface area contributed by atoms with E-state index in [0.29, 0.717) is 11.4 Å². The first-order valence-electron chi connectivity index (χ1n) is 6.64. The molecular formula is C16H13N3O2S. The van der Waals surface area contributed by atoms with Gasteiger partial charge in [-0.3, -0.25) is 19.3 Å². The highest BCUT2D eigenvalue weighted by Crippen LogP contribution is 2.22. The molecule has 0 saturated heterocycles. The molecule has 5 nitrogen and oxygen atoms in total. The molecule has 1 aliphatic heterocycles. The van der Waals surface area contributed by atoms with Gasteiger partial charge in [-0.05, 0) is 49.5 Å². The Morgan fingerprint density at radius 3 is 2.68 bits per heavy atom. The highest BCUT2D eigenvalue weighted by Gasteiger charge is 2.13. The first-order chi connectivity index (χ1) is 10.6. The molecule has 1 aliphatic rings. The Labute approximate surface area is 131 Å². The minimum atomic E-state index is -0.450. The Morgan fingerprint density at radius 1 is 1.32 bits per heavy atom. The van der Waals surface area contributed by atoms with Crippen LogP contribution in [0, 0.1) is 11.7 Å². The van der Waals surface area contributed by atoms with Gasteiger partial charge in [-0.1, -0.05) is 17.7 Å². The summed E-state index contributed by atoms with van der Waals surface area (Å²) in [6.45, 7) is 1.97. The van der Waals surface area contributed by atoms with Crippen LogP contribution in [0.1, 0.15) is 11.1 Å². The van der Waals surface area contributed by atoms with Crippen LogP contribution in [0.3, 0.4) is 0 Å². The Balaban J connectivity index is 2.24. The molecule has 0 saturated carbocycles. The summed E-state index contributed by atoms with van der Waals surface area (Å²) in [6, 6.07) is 7.47. The van der Waals surface area contributed by atoms with Gasteiger partial charge in [0.1, 0.15) is 5.56 Å². The molecule has 1 aromatic carbocycles. The lowest BCUT2D eigenvalue weighted by atomic mass is 10.2. The van der Waals surface area contributed by atoms with E-state index >= 15 is 0 Å². The predicted molar refractivity (Wildman–Crippen MR) is 89.2 cm³/mol. The molecule has 6 heteroatoms. The van der Waals surface area contributed by atoms with E-state index in [2.05, 4.69) is 9.98 Å². The summed E-state index contributed by atoms with van der Waals surface area (Å²) in [4.78, 5) is 18.7. The fourth-order valence-corrected chi connectivity index (χ4v) is 2.43. The smallest absolute Gasteiger partial charge is 0.262 e. The fourth-order valence-electron chi connectivity index (χ4n) is 2.15. The van der Waals surface area contributed by atoms with E-state index in [1.54, 1.807) is 18.4 Å². The van der Waals surface area contributed by atoms with Crippen molar-refractivity contribution in [1.29, 1.82) is 0 Å². The van der Waals surface area contributed by atoms with Gasteiger partial charge in [0, 0.05) is 6.21 Å². The number of hydrogen-bond donors (Lipinski definition) is 2. The largest absolute Gasteiger partial charge is 0.494 e. The molecule has 0 radical (unpaired) electrons. The van der Waals surface area contributed by atoms with Crippen molar-refractivity contribution in [2.75, 3.05) is 0 Å². The van der Waals surface area contributed by atoms with Crippen LogP contribution in [-0.2, 0) is 0 Å². The third-order valence-corrected chi connectivity index (χ3v) is 3.57. The van der Waals surface area contributed by atoms with Crippen molar-refractivity contribution >= 4 is 24.5 Å². The monoisotopic (exact) mass is 311 g/mol. The number of nitrogens with one attached hydrogen (secondary N) is 1. The summed E-state index contributed by atoms with van der Waals surface area (Å²) >= 11 is 5.17. The number of allylic oxidation sites excluding steroid dienone is 2. The van der Waals surface area contributed by atoms with Crippen molar-refractivity contribution in [3.8, 4) is 11.6 Å². The number of nitrogens with zero attached hydrogens (tertiary/aromatic N) is 2. The summed E-state index contributed by atoms with van der Waals surface area (Å²) in [7, 11) is 0. The number of aromatic amines is 1. The summed E-state index contributed by atoms with van der Waals surface area (Å²) in [5.41, 5.74) is 2.02. The van der Waals surface area contributed by atoms with Crippen molar-refractivity contribution in [3.05, 3.63) is 68.4 Å². The molecule has 2 N–H and O–H groups in total. The van der Waals surface area contributed by atoms with Crippen molar-refractivity contribution < 1.29 is 5.11 Å². The number of aromatic nitrogens is 2. The molecule has 0 aliphatic carbocycles. The lowest BCUT2D eigenvalue weighted by molar-refractivity contribution is 0.432. The Hall–Kier alpha value is -2.73. The van der Waals surface area contributed by atoms with Crippen LogP contribution >= 0.6 is 12.2 Å². The van der Waals surface area contributed by atoms with E-state index < -0.39 is 5.56 Å². The maximum absolute atomic E-state index is 12.1. The molecule has 2 heterocycles. The molecule has 0 fully saturated rings. The summed E-state index contributed by atoms with van der Waals surface area (Å²) in [5, 5.41) is 10.5. The summed E-state index contributed by atoms with van der Waals surface area (Å²) < 4.78 is 1.56. The molecule has 110 valence electrons. The first kappa shape index (κ1) is 14.2. The predicted octanol–water partition coefficient (Wildman–Crippen LogP) is 2.89. The van der Waals surface area contributed by atoms with E-state index in [-0.39, 0.29) is 16.2 Å². The second-order valence-corrected chi connectivity index (χ2v) is 5.26. The Morgan fingerprint density at radius 2 is 2.05 bits per heavy atom. The first-order valence-corrected chi connectivity index (χ1v) is 7.05. The number of H-pyrrole nitrogens is 1. The van der Waals surface area contributed by atoms with Crippen LogP contribution in [0.15, 0.2) is 51.9 Å². The van der Waals surface area contributed by atoms with Crippen LogP contribution in [-0.4, -0.2) is 20.9 Å². The van der Waals surface area contributed by atoms with E-state index in [4.69, 9.17) is 12.2 Å². The van der Waals surface area contributed by atoms with Crippen LogP contribution in [0.25, 0.3) is 11.8 Å². The second-order valence-electron chi connectivity index (χ2n) is 4.87. The molecule has 0 unspecified atom stereocenters. The van der Waals surface area contributed by atoms with Crippen molar-refractivity contribution in [3.63, 3.8) is 0 Å². The fraction of sp³-hybridized carbons (Fsp3) is 0.0625. The molecule has 0 spiro atoms. The molecule has 0 atom stereocenters. The molecular weight excluding hydrogens is 298 g/mol. The molecule has 0 amide bonds. The van der Waals surface area contributed by atoms with Crippen LogP contribution in [0.5, 0.6) is 5.88 Å². The molecule has 1 aromatic heterocycles. The number of hydrogen-bond acceptors (Lipinski definition) is 4. The number of aromatic hydroxyl groups is 1. The SMILES string of the molecule is Cc1ccc(-n2c(O)c(C=C3C=CC=N3)c(=O)[nH]c2=S)cc1. The van der Waals surface area contributed by atoms with E-state index in [1.165, 1.54) is 10.6 Å². The zero-order chi connectivity index (χ0) is 15.7. The lowest BCUT2D eigenvalue weighted by Gasteiger charge is -2.11. The highest BCUT2D eigenvalue weighted by atomic mass is 32.1. The minimum Gasteiger partial charge on any atom is -0.494 e. The lowest BCUT2D eigenvalue weighted by Crippen LogP contribution is -2.16. The topological polar surface area (TPSA) is 70.4 Å². The van der Waals surface area contributed by atoms with Gasteiger partial charge in [-0.25, -0.2) is 0 Å². The van der Waals surface area contributed by atoms with Gasteiger partial charge in [0.05, 0.1) is 11.4 Å². The van der Waals surface area contributed by atoms with Gasteiger partial charge in [-0.2, -0.15) is 0 Å². The number of aliphatic imine (C=N–C) groups is 1. The third kappa shape index (κ3) is 2.56. The van der Waals surface area contributed by atoms with E-state index in [1.807, 2.05) is 31.2 Å². The van der Waals surface area contributed by atoms with Crippen LogP contribution in [0.4, 0.5) is 0 Å². The van der Waals surface area contributed by atoms with Crippen molar-refractivity contribution in [2.45, 2.75) is 6.92 Å². The zero-order valence-electron chi connectivity index (χ0n) is 11.8. The quantitative estimate of drug-likeness (QED) is 0.838. The highest BCUT2D eigenvalue weighted by molar-refractivity contribution is 7.71. The standard InChI is InChI=1S/C16H13N3O2S/c1-10-4-6-12(7-5-10)19-15(21)13(14(20)18-16(19)22)9-11-3-2-8-17-11/h2-9,21H,1H3,(H,18,20,22). The Kier molecular flexibility index (Phi) is 3.60. The summed E-state index contributed by atoms with van der Waals surface area (Å²) in [5.74, 6) is -0.208. The van der Waals surface area contributed by atoms with Gasteiger partial charge < -0.3 is 5.11 Å². The Bertz CT molecular complexity index is 917. The van der Waals surface area contributed by atoms with Crippen LogP contribution < -0.4 is 5.56 Å². The number of aryl methyl sites for hydroxylation is 1. The second kappa shape index (κ2) is 5.57. The molecule has 2 aromatic rings. The van der Waals surface area contributed by atoms with E-state index in [9.17, 15) is 9.90 Å². The number of benzene rings is 1. The maximum Gasteiger partial charge on any atom is 0.262 e. The van der Waals surface area contributed by atoms with Crippen molar-refractivity contribution in [1.82, 2.24) is 9.55 Å². The van der Waals surface area contributed by atoms with Crippen molar-refractivity contribution in [2.24, 2.45) is 4.99 Å². The normalized spacial score (nSPS) is 14.9. The van der Waals surface area contributed by atoms with Gasteiger partial charge in [-0.15, -0.1) is 0 Å². The zero-order valence-corrected chi connectivity index (χ0v) is 12.6. The van der Waals surface area contributed by atoms with E-state index in [0.717, 1.165) is 5.56 Å². The summed E-state index contributed by atoms with van der Waals surface area (Å²) in [6.07, 6.45) is 6.64. The molecule has 22 heavy (non-hydrogen) atoms. The maximum atomic E-state index is 12.1. The average molecular weight is 311 g/mol. The van der Waals surface area contributed by atoms with Gasteiger partial charge in [0.2, 0.25) is 5.88 Å². The molecule has 3 rings (SSSR count). The van der Waals surface area contributed by atoms with Gasteiger partial charge >= 0.3 is 0 Å². The molecule has 0 bridgehead atoms. The minimum absolute atomic E-state index is 0.118. The average Bonchev–Trinajstić information content (AvgIpc) is 2.98. The van der Waals surface area contributed by atoms with Gasteiger partial charge in [0.25, 0.3) is 5.56 Å². The number of rotatable bonds is 2. The third-order valence-electron chi connectivity index (χ3n) is 3.28.